The molecule has 0 saturated heterocycles. The zero-order chi connectivity index (χ0) is 15.2. The van der Waals surface area contributed by atoms with Gasteiger partial charge in [-0.2, -0.15) is 0 Å². The van der Waals surface area contributed by atoms with E-state index in [1.165, 1.54) is 12.1 Å². The van der Waals surface area contributed by atoms with Crippen molar-refractivity contribution in [2.45, 2.75) is 25.2 Å². The Bertz CT molecular complexity index is 565. The summed E-state index contributed by atoms with van der Waals surface area (Å²) in [7, 11) is -3.82. The van der Waals surface area contributed by atoms with Crippen LogP contribution in [-0.2, 0) is 10.0 Å². The van der Waals surface area contributed by atoms with Crippen LogP contribution < -0.4 is 10.0 Å². The van der Waals surface area contributed by atoms with Gasteiger partial charge in [-0.1, -0.05) is 38.1 Å². The van der Waals surface area contributed by atoms with Gasteiger partial charge >= 0.3 is 6.03 Å². The van der Waals surface area contributed by atoms with Crippen LogP contribution in [0.25, 0.3) is 0 Å². The molecule has 0 heterocycles. The summed E-state index contributed by atoms with van der Waals surface area (Å²) >= 11 is 0. The molecular weight excluding hydrogens is 276 g/mol. The SMILES string of the molecule is C=CCC(C)(C)CNC(=O)NS(=O)(=O)c1ccccc1. The van der Waals surface area contributed by atoms with Gasteiger partial charge in [-0.3, -0.25) is 0 Å². The molecule has 0 spiro atoms. The van der Waals surface area contributed by atoms with Crippen LogP contribution in [-0.4, -0.2) is 21.0 Å². The first-order valence-corrected chi connectivity index (χ1v) is 7.72. The van der Waals surface area contributed by atoms with Crippen molar-refractivity contribution in [3.05, 3.63) is 43.0 Å². The predicted octanol–water partition coefficient (Wildman–Crippen LogP) is 2.28. The Morgan fingerprint density at radius 2 is 1.90 bits per heavy atom. The molecule has 110 valence electrons. The maximum Gasteiger partial charge on any atom is 0.328 e. The molecule has 0 aliphatic carbocycles. The highest BCUT2D eigenvalue weighted by molar-refractivity contribution is 7.90. The maximum atomic E-state index is 11.9. The molecule has 1 aromatic rings. The Morgan fingerprint density at radius 3 is 2.45 bits per heavy atom. The van der Waals surface area contributed by atoms with E-state index >= 15 is 0 Å². The van der Waals surface area contributed by atoms with E-state index in [9.17, 15) is 13.2 Å². The molecule has 0 radical (unpaired) electrons. The molecule has 0 bridgehead atoms. The molecule has 2 amide bonds. The summed E-state index contributed by atoms with van der Waals surface area (Å²) in [5, 5.41) is 2.56. The Morgan fingerprint density at radius 1 is 1.30 bits per heavy atom. The van der Waals surface area contributed by atoms with E-state index in [1.807, 2.05) is 18.6 Å². The van der Waals surface area contributed by atoms with E-state index in [4.69, 9.17) is 0 Å². The van der Waals surface area contributed by atoms with Crippen molar-refractivity contribution in [3.8, 4) is 0 Å². The van der Waals surface area contributed by atoms with Gasteiger partial charge in [0.1, 0.15) is 0 Å². The van der Waals surface area contributed by atoms with Crippen molar-refractivity contribution >= 4 is 16.1 Å². The molecule has 0 saturated carbocycles. The Labute approximate surface area is 120 Å². The standard InChI is InChI=1S/C14H20N2O3S/c1-4-10-14(2,3)11-15-13(17)16-20(18,19)12-8-6-5-7-9-12/h4-9H,1,10-11H2,2-3H3,(H2,15,16,17). The van der Waals surface area contributed by atoms with Crippen molar-refractivity contribution in [2.75, 3.05) is 6.54 Å². The second-order valence-corrected chi connectivity index (χ2v) is 6.94. The molecule has 2 N–H and O–H groups in total. The molecule has 0 fully saturated rings. The number of carbonyl (C=O) groups excluding carboxylic acids is 1. The minimum Gasteiger partial charge on any atom is -0.337 e. The smallest absolute Gasteiger partial charge is 0.328 e. The summed E-state index contributed by atoms with van der Waals surface area (Å²) in [5.41, 5.74) is -0.171. The third kappa shape index (κ3) is 5.05. The van der Waals surface area contributed by atoms with E-state index in [-0.39, 0.29) is 10.3 Å². The minimum atomic E-state index is -3.82. The average Bonchev–Trinajstić information content (AvgIpc) is 2.37. The number of hydrogen-bond acceptors (Lipinski definition) is 3. The number of urea groups is 1. The first-order valence-electron chi connectivity index (χ1n) is 6.23. The van der Waals surface area contributed by atoms with Crippen LogP contribution in [0.2, 0.25) is 0 Å². The predicted molar refractivity (Wildman–Crippen MR) is 78.8 cm³/mol. The van der Waals surface area contributed by atoms with Gasteiger partial charge in [0.05, 0.1) is 4.90 Å². The number of carbonyl (C=O) groups is 1. The van der Waals surface area contributed by atoms with Gasteiger partial charge in [-0.15, -0.1) is 6.58 Å². The molecular formula is C14H20N2O3S. The van der Waals surface area contributed by atoms with Gasteiger partial charge in [-0.05, 0) is 24.0 Å². The van der Waals surface area contributed by atoms with E-state index < -0.39 is 16.1 Å². The summed E-state index contributed by atoms with van der Waals surface area (Å²) in [6, 6.07) is 7.02. The van der Waals surface area contributed by atoms with E-state index in [1.54, 1.807) is 24.3 Å². The van der Waals surface area contributed by atoms with Crippen LogP contribution >= 0.6 is 0 Å². The maximum absolute atomic E-state index is 11.9. The van der Waals surface area contributed by atoms with Gasteiger partial charge in [-0.25, -0.2) is 17.9 Å². The van der Waals surface area contributed by atoms with Crippen LogP contribution in [0.1, 0.15) is 20.3 Å². The van der Waals surface area contributed by atoms with Gasteiger partial charge < -0.3 is 5.32 Å². The van der Waals surface area contributed by atoms with Crippen LogP contribution in [0.4, 0.5) is 4.79 Å². The third-order valence-electron chi connectivity index (χ3n) is 2.70. The quantitative estimate of drug-likeness (QED) is 0.791. The van der Waals surface area contributed by atoms with Gasteiger partial charge in [0.2, 0.25) is 0 Å². The number of rotatable bonds is 6. The van der Waals surface area contributed by atoms with Gasteiger partial charge in [0.25, 0.3) is 10.0 Å². The van der Waals surface area contributed by atoms with Crippen molar-refractivity contribution in [3.63, 3.8) is 0 Å². The summed E-state index contributed by atoms with van der Waals surface area (Å²) in [6.07, 6.45) is 2.49. The minimum absolute atomic E-state index is 0.0560. The lowest BCUT2D eigenvalue weighted by Crippen LogP contribution is -2.43. The monoisotopic (exact) mass is 296 g/mol. The number of benzene rings is 1. The lowest BCUT2D eigenvalue weighted by molar-refractivity contribution is 0.239. The summed E-state index contributed by atoms with van der Waals surface area (Å²) in [5.74, 6) is 0. The third-order valence-corrected chi connectivity index (χ3v) is 4.05. The summed E-state index contributed by atoms with van der Waals surface area (Å²) in [6.45, 7) is 7.92. The van der Waals surface area contributed by atoms with E-state index in [2.05, 4.69) is 11.9 Å². The molecule has 20 heavy (non-hydrogen) atoms. The van der Waals surface area contributed by atoms with E-state index in [0.717, 1.165) is 6.42 Å². The molecule has 0 unspecified atom stereocenters. The summed E-state index contributed by atoms with van der Waals surface area (Å²) < 4.78 is 25.8. The topological polar surface area (TPSA) is 75.3 Å². The first-order chi connectivity index (χ1) is 9.27. The molecule has 0 aliphatic heterocycles. The number of sulfonamides is 1. The Balaban J connectivity index is 2.61. The number of amides is 2. The van der Waals surface area contributed by atoms with Crippen LogP contribution in [0.15, 0.2) is 47.9 Å². The fraction of sp³-hybridized carbons (Fsp3) is 0.357. The fourth-order valence-electron chi connectivity index (χ4n) is 1.60. The lowest BCUT2D eigenvalue weighted by atomic mass is 9.89. The molecule has 0 atom stereocenters. The molecule has 0 aliphatic rings. The number of nitrogens with one attached hydrogen (secondary N) is 2. The lowest BCUT2D eigenvalue weighted by Gasteiger charge is -2.23. The van der Waals surface area contributed by atoms with Crippen molar-refractivity contribution < 1.29 is 13.2 Å². The molecule has 1 aromatic carbocycles. The summed E-state index contributed by atoms with van der Waals surface area (Å²) in [4.78, 5) is 11.7. The first kappa shape index (κ1) is 16.2. The molecule has 5 nitrogen and oxygen atoms in total. The second kappa shape index (κ2) is 6.56. The number of allylic oxidation sites excluding steroid dienone is 1. The molecule has 1 rings (SSSR count). The molecule has 6 heteroatoms. The Kier molecular flexibility index (Phi) is 5.33. The van der Waals surface area contributed by atoms with Crippen LogP contribution in [0.3, 0.4) is 0 Å². The van der Waals surface area contributed by atoms with Crippen molar-refractivity contribution in [1.82, 2.24) is 10.0 Å². The largest absolute Gasteiger partial charge is 0.337 e. The van der Waals surface area contributed by atoms with Gasteiger partial charge in [0.15, 0.2) is 0 Å². The highest BCUT2D eigenvalue weighted by Crippen LogP contribution is 2.18. The zero-order valence-electron chi connectivity index (χ0n) is 11.7. The van der Waals surface area contributed by atoms with Crippen molar-refractivity contribution in [2.24, 2.45) is 5.41 Å². The fourth-order valence-corrected chi connectivity index (χ4v) is 2.55. The number of hydrogen-bond donors (Lipinski definition) is 2. The van der Waals surface area contributed by atoms with Gasteiger partial charge in [0, 0.05) is 6.54 Å². The Hall–Kier alpha value is -1.82. The van der Waals surface area contributed by atoms with Crippen LogP contribution in [0.5, 0.6) is 0 Å². The van der Waals surface area contributed by atoms with Crippen molar-refractivity contribution in [1.29, 1.82) is 0 Å². The second-order valence-electron chi connectivity index (χ2n) is 5.26. The van der Waals surface area contributed by atoms with E-state index in [0.29, 0.717) is 6.54 Å². The molecule has 0 aromatic heterocycles. The zero-order valence-corrected chi connectivity index (χ0v) is 12.5. The highest BCUT2D eigenvalue weighted by Gasteiger charge is 2.20. The average molecular weight is 296 g/mol. The normalized spacial score (nSPS) is 11.7. The highest BCUT2D eigenvalue weighted by atomic mass is 32.2. The van der Waals surface area contributed by atoms with Crippen LogP contribution in [0, 0.1) is 5.41 Å².